The van der Waals surface area contributed by atoms with Crippen molar-refractivity contribution in [3.05, 3.63) is 46.0 Å². The average Bonchev–Trinajstić information content (AvgIpc) is 3.04. The fourth-order valence-corrected chi connectivity index (χ4v) is 3.26. The summed E-state index contributed by atoms with van der Waals surface area (Å²) >= 11 is 2.21. The molecule has 0 bridgehead atoms. The number of benzene rings is 2. The maximum absolute atomic E-state index is 12.5. The summed E-state index contributed by atoms with van der Waals surface area (Å²) in [7, 11) is 3.11. The number of amides is 2. The smallest absolute Gasteiger partial charge is 0.229 e. The van der Waals surface area contributed by atoms with Crippen LogP contribution >= 0.6 is 22.6 Å². The Morgan fingerprint density at radius 1 is 1.15 bits per heavy atom. The van der Waals surface area contributed by atoms with Crippen LogP contribution in [0.15, 0.2) is 42.5 Å². The molecule has 1 N–H and O–H groups in total. The van der Waals surface area contributed by atoms with Crippen LogP contribution in [-0.2, 0) is 9.59 Å². The van der Waals surface area contributed by atoms with Gasteiger partial charge in [-0.3, -0.25) is 9.59 Å². The topological polar surface area (TPSA) is 67.9 Å². The summed E-state index contributed by atoms with van der Waals surface area (Å²) in [5.41, 5.74) is 1.37. The molecule has 1 heterocycles. The molecular weight excluding hydrogens is 447 g/mol. The molecule has 2 aromatic rings. The fourth-order valence-electron chi connectivity index (χ4n) is 2.90. The van der Waals surface area contributed by atoms with E-state index in [4.69, 9.17) is 9.47 Å². The molecule has 26 heavy (non-hydrogen) atoms. The van der Waals surface area contributed by atoms with E-state index in [0.717, 1.165) is 9.26 Å². The summed E-state index contributed by atoms with van der Waals surface area (Å²) in [6.45, 7) is 0.317. The highest BCUT2D eigenvalue weighted by atomic mass is 127. The Morgan fingerprint density at radius 3 is 2.54 bits per heavy atom. The molecule has 1 fully saturated rings. The Bertz CT molecular complexity index is 823. The predicted molar refractivity (Wildman–Crippen MR) is 108 cm³/mol. The number of nitrogens with one attached hydrogen (secondary N) is 1. The number of rotatable bonds is 5. The molecule has 0 radical (unpaired) electrons. The highest BCUT2D eigenvalue weighted by molar-refractivity contribution is 14.1. The Morgan fingerprint density at radius 2 is 1.88 bits per heavy atom. The molecule has 0 aromatic heterocycles. The lowest BCUT2D eigenvalue weighted by Gasteiger charge is -2.20. The van der Waals surface area contributed by atoms with Gasteiger partial charge in [-0.05, 0) is 59.0 Å². The monoisotopic (exact) mass is 466 g/mol. The zero-order valence-electron chi connectivity index (χ0n) is 14.5. The number of ether oxygens (including phenoxy) is 2. The highest BCUT2D eigenvalue weighted by Crippen LogP contribution is 2.36. The predicted octanol–water partition coefficient (Wildman–Crippen LogP) is 3.30. The minimum Gasteiger partial charge on any atom is -0.497 e. The van der Waals surface area contributed by atoms with E-state index in [1.165, 1.54) is 0 Å². The highest BCUT2D eigenvalue weighted by Gasteiger charge is 2.36. The zero-order valence-corrected chi connectivity index (χ0v) is 16.6. The van der Waals surface area contributed by atoms with E-state index in [1.54, 1.807) is 37.3 Å². The molecule has 1 aliphatic rings. The SMILES string of the molecule is COc1ccc(N2CC(C(=O)Nc3ccc(I)cc3)CC2=O)c(OC)c1. The van der Waals surface area contributed by atoms with E-state index in [-0.39, 0.29) is 18.2 Å². The van der Waals surface area contributed by atoms with Gasteiger partial charge in [0.15, 0.2) is 0 Å². The van der Waals surface area contributed by atoms with Gasteiger partial charge >= 0.3 is 0 Å². The van der Waals surface area contributed by atoms with Crippen LogP contribution < -0.4 is 19.7 Å². The van der Waals surface area contributed by atoms with Crippen molar-refractivity contribution >= 4 is 45.8 Å². The zero-order chi connectivity index (χ0) is 18.7. The molecule has 1 unspecified atom stereocenters. The van der Waals surface area contributed by atoms with Crippen molar-refractivity contribution in [2.45, 2.75) is 6.42 Å². The Labute approximate surface area is 165 Å². The van der Waals surface area contributed by atoms with E-state index < -0.39 is 5.92 Å². The summed E-state index contributed by atoms with van der Waals surface area (Å²) in [6, 6.07) is 12.8. The van der Waals surface area contributed by atoms with Gasteiger partial charge in [0, 0.05) is 28.3 Å². The number of methoxy groups -OCH3 is 2. The van der Waals surface area contributed by atoms with Crippen LogP contribution in [0, 0.1) is 9.49 Å². The number of hydrogen-bond acceptors (Lipinski definition) is 4. The Balaban J connectivity index is 1.74. The normalized spacial score (nSPS) is 16.5. The van der Waals surface area contributed by atoms with Crippen LogP contribution in [0.4, 0.5) is 11.4 Å². The molecule has 1 saturated heterocycles. The molecule has 0 aliphatic carbocycles. The van der Waals surface area contributed by atoms with Crippen LogP contribution in [0.3, 0.4) is 0 Å². The summed E-state index contributed by atoms with van der Waals surface area (Å²) in [6.07, 6.45) is 0.172. The van der Waals surface area contributed by atoms with E-state index in [9.17, 15) is 9.59 Å². The molecule has 3 rings (SSSR count). The quantitative estimate of drug-likeness (QED) is 0.687. The first-order valence-corrected chi connectivity index (χ1v) is 9.18. The fraction of sp³-hybridized carbons (Fsp3) is 0.263. The molecule has 1 aliphatic heterocycles. The van der Waals surface area contributed by atoms with Gasteiger partial charge in [0.1, 0.15) is 11.5 Å². The number of nitrogens with zero attached hydrogens (tertiary/aromatic N) is 1. The third kappa shape index (κ3) is 3.92. The average molecular weight is 466 g/mol. The first-order valence-electron chi connectivity index (χ1n) is 8.10. The third-order valence-electron chi connectivity index (χ3n) is 4.29. The molecule has 1 atom stereocenters. The van der Waals surface area contributed by atoms with Gasteiger partial charge in [0.05, 0.1) is 25.8 Å². The van der Waals surface area contributed by atoms with Crippen molar-refractivity contribution in [3.63, 3.8) is 0 Å². The van der Waals surface area contributed by atoms with Gasteiger partial charge in [-0.2, -0.15) is 0 Å². The molecule has 7 heteroatoms. The second-order valence-corrected chi connectivity index (χ2v) is 7.18. The number of hydrogen-bond donors (Lipinski definition) is 1. The van der Waals surface area contributed by atoms with Crippen molar-refractivity contribution in [1.82, 2.24) is 0 Å². The number of halogens is 1. The summed E-state index contributed by atoms with van der Waals surface area (Å²) in [5.74, 6) is 0.515. The molecule has 0 saturated carbocycles. The standard InChI is InChI=1S/C19H19IN2O4/c1-25-15-7-8-16(17(10-15)26-2)22-11-12(9-18(22)23)19(24)21-14-5-3-13(20)4-6-14/h3-8,10,12H,9,11H2,1-2H3,(H,21,24). The van der Waals surface area contributed by atoms with Gasteiger partial charge in [-0.25, -0.2) is 0 Å². The molecular formula is C19H19IN2O4. The minimum atomic E-state index is -0.409. The maximum Gasteiger partial charge on any atom is 0.229 e. The van der Waals surface area contributed by atoms with E-state index in [0.29, 0.717) is 23.7 Å². The van der Waals surface area contributed by atoms with Crippen LogP contribution in [0.5, 0.6) is 11.5 Å². The van der Waals surface area contributed by atoms with E-state index in [2.05, 4.69) is 27.9 Å². The molecule has 2 aromatic carbocycles. The van der Waals surface area contributed by atoms with Crippen molar-refractivity contribution in [3.8, 4) is 11.5 Å². The van der Waals surface area contributed by atoms with Crippen LogP contribution in [0.1, 0.15) is 6.42 Å². The molecule has 136 valence electrons. The number of anilines is 2. The lowest BCUT2D eigenvalue weighted by molar-refractivity contribution is -0.122. The van der Waals surface area contributed by atoms with Crippen molar-refractivity contribution in [2.24, 2.45) is 5.92 Å². The lowest BCUT2D eigenvalue weighted by atomic mass is 10.1. The summed E-state index contributed by atoms with van der Waals surface area (Å²) in [5, 5.41) is 2.88. The van der Waals surface area contributed by atoms with Crippen LogP contribution in [-0.4, -0.2) is 32.6 Å². The first-order chi connectivity index (χ1) is 12.5. The van der Waals surface area contributed by atoms with Crippen LogP contribution in [0.2, 0.25) is 0 Å². The summed E-state index contributed by atoms with van der Waals surface area (Å²) in [4.78, 5) is 26.6. The van der Waals surface area contributed by atoms with Crippen molar-refractivity contribution in [1.29, 1.82) is 0 Å². The van der Waals surface area contributed by atoms with Gasteiger partial charge in [-0.15, -0.1) is 0 Å². The van der Waals surface area contributed by atoms with E-state index in [1.807, 2.05) is 24.3 Å². The molecule has 0 spiro atoms. The molecule has 2 amide bonds. The Kier molecular flexibility index (Phi) is 5.65. The first kappa shape index (κ1) is 18.5. The number of carbonyl (C=O) groups excluding carboxylic acids is 2. The van der Waals surface area contributed by atoms with Gasteiger partial charge in [-0.1, -0.05) is 0 Å². The van der Waals surface area contributed by atoms with E-state index >= 15 is 0 Å². The molecule has 6 nitrogen and oxygen atoms in total. The van der Waals surface area contributed by atoms with Gasteiger partial charge in [0.25, 0.3) is 0 Å². The van der Waals surface area contributed by atoms with Gasteiger partial charge in [0.2, 0.25) is 11.8 Å². The third-order valence-corrected chi connectivity index (χ3v) is 5.00. The lowest BCUT2D eigenvalue weighted by Crippen LogP contribution is -2.28. The number of carbonyl (C=O) groups is 2. The second-order valence-electron chi connectivity index (χ2n) is 5.94. The largest absolute Gasteiger partial charge is 0.497 e. The second kappa shape index (κ2) is 7.94. The summed E-state index contributed by atoms with van der Waals surface area (Å²) < 4.78 is 11.7. The van der Waals surface area contributed by atoms with Crippen molar-refractivity contribution in [2.75, 3.05) is 31.0 Å². The van der Waals surface area contributed by atoms with Crippen LogP contribution in [0.25, 0.3) is 0 Å². The van der Waals surface area contributed by atoms with Crippen molar-refractivity contribution < 1.29 is 19.1 Å². The minimum absolute atomic E-state index is 0.101. The van der Waals surface area contributed by atoms with Gasteiger partial charge < -0.3 is 19.7 Å². The Hall–Kier alpha value is -2.29. The maximum atomic E-state index is 12.5.